The topological polar surface area (TPSA) is 0 Å². The molecule has 0 bridgehead atoms. The maximum absolute atomic E-state index is 4.22. The maximum atomic E-state index is 4.22. The lowest BCUT2D eigenvalue weighted by atomic mass is 9.70. The fraction of sp³-hybridized carbons (Fsp3) is 0.700. The molecule has 0 N–H and O–H groups in total. The van der Waals surface area contributed by atoms with Gasteiger partial charge in [-0.1, -0.05) is 67.0 Å². The smallest absolute Gasteiger partial charge is 0.0181 e. The summed E-state index contributed by atoms with van der Waals surface area (Å²) in [5, 5.41) is 0. The van der Waals surface area contributed by atoms with Crippen molar-refractivity contribution in [3.8, 4) is 0 Å². The minimum atomic E-state index is 0.457. The molecule has 0 fully saturated rings. The van der Waals surface area contributed by atoms with Crippen LogP contribution in [-0.2, 0) is 0 Å². The molecule has 0 saturated carbocycles. The molecule has 0 spiro atoms. The van der Waals surface area contributed by atoms with Gasteiger partial charge in [0, 0.05) is 0 Å². The van der Waals surface area contributed by atoms with Crippen LogP contribution in [0.15, 0.2) is 35.5 Å². The lowest BCUT2D eigenvalue weighted by Crippen LogP contribution is -2.18. The van der Waals surface area contributed by atoms with Gasteiger partial charge in [0.1, 0.15) is 0 Å². The monoisotopic (exact) mass is 274 g/mol. The molecule has 1 unspecified atom stereocenters. The molecular formula is C20H34. The maximum Gasteiger partial charge on any atom is -0.0181 e. The van der Waals surface area contributed by atoms with Gasteiger partial charge >= 0.3 is 0 Å². The molecule has 1 atom stereocenters. The van der Waals surface area contributed by atoms with Crippen molar-refractivity contribution < 1.29 is 0 Å². The van der Waals surface area contributed by atoms with Crippen LogP contribution in [0.3, 0.4) is 0 Å². The van der Waals surface area contributed by atoms with E-state index in [1.54, 1.807) is 5.57 Å². The molecular weight excluding hydrogens is 240 g/mol. The van der Waals surface area contributed by atoms with Crippen molar-refractivity contribution in [1.82, 2.24) is 0 Å². The van der Waals surface area contributed by atoms with Crippen molar-refractivity contribution in [2.45, 2.75) is 79.6 Å². The van der Waals surface area contributed by atoms with Gasteiger partial charge in [-0.2, -0.15) is 0 Å². The Balaban J connectivity index is 2.56. The van der Waals surface area contributed by atoms with Gasteiger partial charge in [-0.3, -0.25) is 0 Å². The molecule has 0 radical (unpaired) electrons. The third-order valence-electron chi connectivity index (χ3n) is 4.47. The molecule has 20 heavy (non-hydrogen) atoms. The molecule has 0 aromatic carbocycles. The first-order chi connectivity index (χ1) is 9.28. The first-order valence-corrected chi connectivity index (χ1v) is 8.40. The molecule has 0 heterocycles. The summed E-state index contributed by atoms with van der Waals surface area (Å²) in [5.74, 6) is 0.659. The Morgan fingerprint density at radius 2 is 1.65 bits per heavy atom. The van der Waals surface area contributed by atoms with Crippen LogP contribution < -0.4 is 0 Å². The quantitative estimate of drug-likeness (QED) is 0.425. The Labute approximate surface area is 127 Å². The molecule has 0 aromatic heterocycles. The highest BCUT2D eigenvalue weighted by molar-refractivity contribution is 5.68. The van der Waals surface area contributed by atoms with Gasteiger partial charge in [-0.05, 0) is 59.3 Å². The van der Waals surface area contributed by atoms with E-state index in [-0.39, 0.29) is 0 Å². The summed E-state index contributed by atoms with van der Waals surface area (Å²) >= 11 is 0. The van der Waals surface area contributed by atoms with Crippen molar-refractivity contribution in [2.24, 2.45) is 11.3 Å². The van der Waals surface area contributed by atoms with Crippen LogP contribution in [0, 0.1) is 11.3 Å². The van der Waals surface area contributed by atoms with Crippen LogP contribution >= 0.6 is 0 Å². The summed E-state index contributed by atoms with van der Waals surface area (Å²) in [6, 6.07) is 0. The first-order valence-electron chi connectivity index (χ1n) is 8.40. The average molecular weight is 274 g/mol. The lowest BCUT2D eigenvalue weighted by molar-refractivity contribution is 0.349. The highest BCUT2D eigenvalue weighted by atomic mass is 14.3. The van der Waals surface area contributed by atoms with E-state index >= 15 is 0 Å². The Hall–Kier alpha value is -0.780. The molecule has 114 valence electrons. The molecule has 0 nitrogen and oxygen atoms in total. The van der Waals surface area contributed by atoms with Gasteiger partial charge in [0.05, 0.1) is 0 Å². The minimum Gasteiger partial charge on any atom is -0.0909 e. The molecule has 0 heteroatoms. The van der Waals surface area contributed by atoms with Crippen LogP contribution in [0.2, 0.25) is 0 Å². The Kier molecular flexibility index (Phi) is 6.30. The van der Waals surface area contributed by atoms with Crippen LogP contribution in [0.4, 0.5) is 0 Å². The van der Waals surface area contributed by atoms with E-state index in [0.29, 0.717) is 11.3 Å². The van der Waals surface area contributed by atoms with Gasteiger partial charge in [-0.15, -0.1) is 0 Å². The van der Waals surface area contributed by atoms with Gasteiger partial charge in [0.25, 0.3) is 0 Å². The van der Waals surface area contributed by atoms with Crippen molar-refractivity contribution in [3.63, 3.8) is 0 Å². The zero-order chi connectivity index (χ0) is 15.3. The van der Waals surface area contributed by atoms with Crippen LogP contribution in [-0.4, -0.2) is 0 Å². The SMILES string of the molecule is C=C1C(=C)C(C(C)CCCC(C)(C)C)=C1CCCCC. The number of allylic oxidation sites excluding steroid dienone is 4. The lowest BCUT2D eigenvalue weighted by Gasteiger charge is -2.34. The van der Waals surface area contributed by atoms with Gasteiger partial charge in [0.15, 0.2) is 0 Å². The predicted molar refractivity (Wildman–Crippen MR) is 91.9 cm³/mol. The summed E-state index contributed by atoms with van der Waals surface area (Å²) in [6.45, 7) is 20.0. The fourth-order valence-electron chi connectivity index (χ4n) is 3.14. The standard InChI is InChI=1S/C20H34/c1-8-9-10-13-18-16(3)17(4)19(18)15(2)12-11-14-20(5,6)7/h15H,3-4,8-14H2,1-2,5-7H3. The zero-order valence-electron chi connectivity index (χ0n) is 14.4. The minimum absolute atomic E-state index is 0.457. The molecule has 0 aromatic rings. The second-order valence-electron chi connectivity index (χ2n) is 7.66. The van der Waals surface area contributed by atoms with E-state index < -0.39 is 0 Å². The number of unbranched alkanes of at least 4 members (excludes halogenated alkanes) is 2. The largest absolute Gasteiger partial charge is 0.0909 e. The number of hydrogen-bond donors (Lipinski definition) is 0. The summed E-state index contributed by atoms with van der Waals surface area (Å²) in [6.07, 6.45) is 9.04. The van der Waals surface area contributed by atoms with Crippen molar-refractivity contribution in [3.05, 3.63) is 35.5 Å². The van der Waals surface area contributed by atoms with Crippen molar-refractivity contribution in [2.75, 3.05) is 0 Å². The number of rotatable bonds is 8. The van der Waals surface area contributed by atoms with E-state index in [1.807, 2.05) is 0 Å². The molecule has 1 aliphatic carbocycles. The molecule has 1 rings (SSSR count). The average Bonchev–Trinajstić information content (AvgIpc) is 2.35. The van der Waals surface area contributed by atoms with Crippen LogP contribution in [0.25, 0.3) is 0 Å². The van der Waals surface area contributed by atoms with E-state index in [0.717, 1.165) is 0 Å². The molecule has 0 saturated heterocycles. The Bertz CT molecular complexity index is 387. The third-order valence-corrected chi connectivity index (χ3v) is 4.47. The zero-order valence-corrected chi connectivity index (χ0v) is 14.4. The Morgan fingerprint density at radius 3 is 2.20 bits per heavy atom. The van der Waals surface area contributed by atoms with E-state index in [4.69, 9.17) is 0 Å². The molecule has 0 amide bonds. The second kappa shape index (κ2) is 7.29. The van der Waals surface area contributed by atoms with E-state index in [2.05, 4.69) is 47.8 Å². The summed E-state index contributed by atoms with van der Waals surface area (Å²) < 4.78 is 0. The molecule has 1 aliphatic rings. The van der Waals surface area contributed by atoms with Crippen molar-refractivity contribution >= 4 is 0 Å². The van der Waals surface area contributed by atoms with E-state index in [1.165, 1.54) is 61.7 Å². The second-order valence-corrected chi connectivity index (χ2v) is 7.66. The normalized spacial score (nSPS) is 17.4. The highest BCUT2D eigenvalue weighted by Gasteiger charge is 2.29. The first kappa shape index (κ1) is 17.3. The fourth-order valence-corrected chi connectivity index (χ4v) is 3.14. The highest BCUT2D eigenvalue weighted by Crippen LogP contribution is 2.45. The van der Waals surface area contributed by atoms with Crippen LogP contribution in [0.5, 0.6) is 0 Å². The van der Waals surface area contributed by atoms with Gasteiger partial charge in [0.2, 0.25) is 0 Å². The predicted octanol–water partition coefficient (Wildman–Crippen LogP) is 6.84. The molecule has 0 aliphatic heterocycles. The summed E-state index contributed by atoms with van der Waals surface area (Å²) in [5.41, 5.74) is 6.00. The number of hydrogen-bond acceptors (Lipinski definition) is 0. The summed E-state index contributed by atoms with van der Waals surface area (Å²) in [7, 11) is 0. The Morgan fingerprint density at radius 1 is 1.00 bits per heavy atom. The van der Waals surface area contributed by atoms with E-state index in [9.17, 15) is 0 Å². The summed E-state index contributed by atoms with van der Waals surface area (Å²) in [4.78, 5) is 0. The van der Waals surface area contributed by atoms with Gasteiger partial charge in [-0.25, -0.2) is 0 Å². The third kappa shape index (κ3) is 4.65. The van der Waals surface area contributed by atoms with Crippen molar-refractivity contribution in [1.29, 1.82) is 0 Å². The van der Waals surface area contributed by atoms with Crippen LogP contribution in [0.1, 0.15) is 79.6 Å². The van der Waals surface area contributed by atoms with Gasteiger partial charge < -0.3 is 0 Å².